The summed E-state index contributed by atoms with van der Waals surface area (Å²) in [6.45, 7) is 4.13. The van der Waals surface area contributed by atoms with E-state index in [0.29, 0.717) is 12.8 Å². The van der Waals surface area contributed by atoms with E-state index in [0.717, 1.165) is 0 Å². The number of hydrogen-bond acceptors (Lipinski definition) is 3. The molecular formula is C8H14ClO3P. The lowest BCUT2D eigenvalue weighted by molar-refractivity contribution is 0.224. The topological polar surface area (TPSA) is 35.5 Å². The Balaban J connectivity index is 3.59. The first kappa shape index (κ1) is 12.9. The van der Waals surface area contributed by atoms with Crippen LogP contribution in [0.2, 0.25) is 0 Å². The fraction of sp³-hybridized carbons (Fsp3) is 0.500. The Morgan fingerprint density at radius 2 is 1.54 bits per heavy atom. The van der Waals surface area contributed by atoms with Crippen molar-refractivity contribution in [2.75, 3.05) is 13.2 Å². The van der Waals surface area contributed by atoms with Gasteiger partial charge in [0.15, 0.2) is 0 Å². The maximum atomic E-state index is 11.2. The molecule has 0 bridgehead atoms. The second-order valence-corrected chi connectivity index (χ2v) is 4.87. The minimum atomic E-state index is -3.38. The van der Waals surface area contributed by atoms with Gasteiger partial charge in [0, 0.05) is 11.2 Å². The van der Waals surface area contributed by atoms with Crippen molar-refractivity contribution < 1.29 is 13.6 Å². The molecule has 5 heteroatoms. The van der Waals surface area contributed by atoms with Crippen LogP contribution in [0.3, 0.4) is 0 Å². The summed E-state index contributed by atoms with van der Waals surface area (Å²) in [6, 6.07) is 0. The average molecular weight is 225 g/mol. The van der Waals surface area contributed by atoms with Gasteiger partial charge in [-0.1, -0.05) is 12.2 Å². The van der Waals surface area contributed by atoms with E-state index in [-0.39, 0.29) is 13.2 Å². The van der Waals surface area contributed by atoms with Gasteiger partial charge in [-0.15, -0.1) is 13.2 Å². The molecule has 0 aromatic heterocycles. The van der Waals surface area contributed by atoms with Crippen LogP contribution >= 0.6 is 18.2 Å². The molecular weight excluding hydrogens is 211 g/mol. The Kier molecular flexibility index (Phi) is 7.29. The second kappa shape index (κ2) is 7.34. The first-order valence-electron chi connectivity index (χ1n) is 3.93. The fourth-order valence-corrected chi connectivity index (χ4v) is 1.66. The minimum absolute atomic E-state index is 0.262. The molecule has 0 aliphatic carbocycles. The maximum absolute atomic E-state index is 11.2. The van der Waals surface area contributed by atoms with Crippen LogP contribution in [0.1, 0.15) is 12.8 Å². The summed E-state index contributed by atoms with van der Waals surface area (Å²) in [4.78, 5) is 0. The van der Waals surface area contributed by atoms with Crippen molar-refractivity contribution in [3.63, 3.8) is 0 Å². The third kappa shape index (κ3) is 8.26. The number of halogens is 1. The van der Waals surface area contributed by atoms with E-state index in [4.69, 9.17) is 20.3 Å². The van der Waals surface area contributed by atoms with Crippen LogP contribution in [0.15, 0.2) is 25.3 Å². The Hall–Kier alpha value is -0.0800. The molecule has 76 valence electrons. The highest BCUT2D eigenvalue weighted by Crippen LogP contribution is 2.53. The predicted octanol–water partition coefficient (Wildman–Crippen LogP) is 3.52. The van der Waals surface area contributed by atoms with E-state index >= 15 is 0 Å². The standard InChI is InChI=1S/C8H14ClO3P/c1-3-5-7-11-13(9,10)12-8-6-4-2/h3-4H,1-2,5-8H2. The van der Waals surface area contributed by atoms with E-state index in [1.807, 2.05) is 0 Å². The molecule has 0 spiro atoms. The smallest absolute Gasteiger partial charge is 0.297 e. The Morgan fingerprint density at radius 1 is 1.15 bits per heavy atom. The van der Waals surface area contributed by atoms with Crippen molar-refractivity contribution in [2.24, 2.45) is 0 Å². The first-order valence-corrected chi connectivity index (χ1v) is 6.37. The van der Waals surface area contributed by atoms with Gasteiger partial charge in [0.25, 0.3) is 0 Å². The van der Waals surface area contributed by atoms with Crippen LogP contribution in [0.25, 0.3) is 0 Å². The summed E-state index contributed by atoms with van der Waals surface area (Å²) in [5.74, 6) is 0. The predicted molar refractivity (Wildman–Crippen MR) is 55.0 cm³/mol. The van der Waals surface area contributed by atoms with Gasteiger partial charge in [-0.25, -0.2) is 4.57 Å². The Bertz CT molecular complexity index is 188. The first-order chi connectivity index (χ1) is 6.12. The molecule has 13 heavy (non-hydrogen) atoms. The molecule has 0 fully saturated rings. The maximum Gasteiger partial charge on any atom is 0.424 e. The molecule has 0 amide bonds. The van der Waals surface area contributed by atoms with Crippen LogP contribution in [-0.4, -0.2) is 13.2 Å². The molecule has 0 unspecified atom stereocenters. The van der Waals surface area contributed by atoms with Gasteiger partial charge in [0.2, 0.25) is 0 Å². The molecule has 0 saturated heterocycles. The van der Waals surface area contributed by atoms with Gasteiger partial charge in [0.1, 0.15) is 0 Å². The third-order valence-corrected chi connectivity index (χ3v) is 2.70. The molecule has 0 radical (unpaired) electrons. The molecule has 3 nitrogen and oxygen atoms in total. The zero-order valence-corrected chi connectivity index (χ0v) is 9.10. The largest absolute Gasteiger partial charge is 0.424 e. The van der Waals surface area contributed by atoms with E-state index in [1.54, 1.807) is 12.2 Å². The van der Waals surface area contributed by atoms with E-state index in [1.165, 1.54) is 0 Å². The zero-order valence-electron chi connectivity index (χ0n) is 7.45. The van der Waals surface area contributed by atoms with Gasteiger partial charge < -0.3 is 0 Å². The minimum Gasteiger partial charge on any atom is -0.297 e. The average Bonchev–Trinajstić information content (AvgIpc) is 2.05. The molecule has 0 saturated carbocycles. The fourth-order valence-electron chi connectivity index (χ4n) is 0.527. The normalized spacial score (nSPS) is 11.2. The summed E-state index contributed by atoms with van der Waals surface area (Å²) in [7, 11) is 0. The van der Waals surface area contributed by atoms with Crippen LogP contribution in [0.5, 0.6) is 0 Å². The lowest BCUT2D eigenvalue weighted by Crippen LogP contribution is -1.93. The van der Waals surface area contributed by atoms with Crippen molar-refractivity contribution in [3.8, 4) is 0 Å². The molecule has 0 rings (SSSR count). The lowest BCUT2D eigenvalue weighted by atomic mass is 10.5. The van der Waals surface area contributed by atoms with Crippen LogP contribution in [-0.2, 0) is 13.6 Å². The highest BCUT2D eigenvalue weighted by Gasteiger charge is 2.19. The number of hydrogen-bond donors (Lipinski definition) is 0. The third-order valence-electron chi connectivity index (χ3n) is 1.13. The summed E-state index contributed by atoms with van der Waals surface area (Å²) in [5, 5.41) is 0. The highest BCUT2D eigenvalue weighted by atomic mass is 35.7. The summed E-state index contributed by atoms with van der Waals surface area (Å²) < 4.78 is 20.8. The van der Waals surface area contributed by atoms with Gasteiger partial charge in [-0.3, -0.25) is 9.05 Å². The zero-order chi connectivity index (χ0) is 10.2. The van der Waals surface area contributed by atoms with Crippen molar-refractivity contribution in [1.82, 2.24) is 0 Å². The summed E-state index contributed by atoms with van der Waals surface area (Å²) in [6.07, 6.45) is 4.50. The van der Waals surface area contributed by atoms with Crippen LogP contribution in [0.4, 0.5) is 0 Å². The van der Waals surface area contributed by atoms with Crippen molar-refractivity contribution >= 4 is 18.2 Å². The van der Waals surface area contributed by atoms with Crippen molar-refractivity contribution in [1.29, 1.82) is 0 Å². The quantitative estimate of drug-likeness (QED) is 0.360. The highest BCUT2D eigenvalue weighted by molar-refractivity contribution is 7.81. The summed E-state index contributed by atoms with van der Waals surface area (Å²) >= 11 is 5.45. The van der Waals surface area contributed by atoms with Gasteiger partial charge in [0.05, 0.1) is 13.2 Å². The van der Waals surface area contributed by atoms with E-state index < -0.39 is 6.95 Å². The Labute approximate surface area is 83.7 Å². The van der Waals surface area contributed by atoms with E-state index in [2.05, 4.69) is 13.2 Å². The molecule has 0 aromatic carbocycles. The van der Waals surface area contributed by atoms with E-state index in [9.17, 15) is 4.57 Å². The van der Waals surface area contributed by atoms with Crippen LogP contribution in [0, 0.1) is 0 Å². The summed E-state index contributed by atoms with van der Waals surface area (Å²) in [5.41, 5.74) is 0. The molecule has 0 aliphatic heterocycles. The van der Waals surface area contributed by atoms with Gasteiger partial charge in [-0.2, -0.15) is 0 Å². The molecule has 0 N–H and O–H groups in total. The molecule has 0 atom stereocenters. The van der Waals surface area contributed by atoms with Gasteiger partial charge in [-0.05, 0) is 12.8 Å². The lowest BCUT2D eigenvalue weighted by Gasteiger charge is -2.09. The van der Waals surface area contributed by atoms with Crippen molar-refractivity contribution in [3.05, 3.63) is 25.3 Å². The number of rotatable bonds is 8. The van der Waals surface area contributed by atoms with Crippen LogP contribution < -0.4 is 0 Å². The molecule has 0 aliphatic rings. The molecule has 0 aromatic rings. The Morgan fingerprint density at radius 3 is 1.85 bits per heavy atom. The second-order valence-electron chi connectivity index (χ2n) is 2.25. The van der Waals surface area contributed by atoms with Crippen molar-refractivity contribution in [2.45, 2.75) is 12.8 Å². The molecule has 0 heterocycles. The van der Waals surface area contributed by atoms with Gasteiger partial charge >= 0.3 is 6.95 Å². The SMILES string of the molecule is C=CCCOP(=O)(Cl)OCCC=C. The monoisotopic (exact) mass is 224 g/mol.